The van der Waals surface area contributed by atoms with Crippen molar-refractivity contribution in [2.45, 2.75) is 13.8 Å². The minimum Gasteiger partial charge on any atom is -0.497 e. The molecule has 0 saturated carbocycles. The number of hydrogen-bond acceptors (Lipinski definition) is 5. The van der Waals surface area contributed by atoms with Crippen LogP contribution in [0.4, 0.5) is 5.13 Å². The molecule has 1 amide bonds. The average molecular weight is 499 g/mol. The Morgan fingerprint density at radius 3 is 2.41 bits per heavy atom. The van der Waals surface area contributed by atoms with E-state index in [1.165, 1.54) is 11.3 Å². The lowest BCUT2D eigenvalue weighted by Gasteiger charge is -2.24. The van der Waals surface area contributed by atoms with Gasteiger partial charge in [0.25, 0.3) is 5.91 Å². The molecule has 1 aromatic heterocycles. The zero-order valence-corrected chi connectivity index (χ0v) is 19.9. The van der Waals surface area contributed by atoms with Crippen LogP contribution in [-0.2, 0) is 0 Å². The van der Waals surface area contributed by atoms with E-state index in [1.54, 1.807) is 24.1 Å². The van der Waals surface area contributed by atoms with Gasteiger partial charge in [0.1, 0.15) is 5.75 Å². The average Bonchev–Trinajstić information content (AvgIpc) is 3.13. The number of rotatable bonds is 8. The van der Waals surface area contributed by atoms with Gasteiger partial charge in [-0.3, -0.25) is 9.69 Å². The van der Waals surface area contributed by atoms with E-state index in [9.17, 15) is 4.79 Å². The van der Waals surface area contributed by atoms with Crippen LogP contribution in [-0.4, -0.2) is 49.1 Å². The number of ether oxygens (including phenoxy) is 1. The first kappa shape index (κ1) is 23.6. The Morgan fingerprint density at radius 1 is 1.10 bits per heavy atom. The number of methoxy groups -OCH3 is 1. The molecule has 0 spiro atoms. The Morgan fingerprint density at radius 2 is 1.79 bits per heavy atom. The smallest absolute Gasteiger partial charge is 0.260 e. The Kier molecular flexibility index (Phi) is 8.89. The van der Waals surface area contributed by atoms with Gasteiger partial charge in [-0.25, -0.2) is 4.98 Å². The summed E-state index contributed by atoms with van der Waals surface area (Å²) in [6.45, 7) is 7.56. The van der Waals surface area contributed by atoms with Crippen molar-refractivity contribution in [3.05, 3.63) is 52.5 Å². The number of carbonyl (C=O) groups excluding carboxylic acids is 1. The standard InChI is InChI=1S/C21H24BrN3O2S.ClH/c1-4-24(5-2)12-13-25(20(26)15-6-9-17(27-3)10-7-15)21-23-18-11-8-16(22)14-19(18)28-21;/h6-11,14H,4-5,12-13H2,1-3H3;1H. The zero-order valence-electron chi connectivity index (χ0n) is 16.7. The molecule has 0 bridgehead atoms. The van der Waals surface area contributed by atoms with Crippen LogP contribution in [0.3, 0.4) is 0 Å². The third-order valence-electron chi connectivity index (χ3n) is 4.69. The molecular formula is C21H25BrClN3O2S. The predicted octanol–water partition coefficient (Wildman–Crippen LogP) is 5.48. The molecule has 0 aliphatic heterocycles. The molecule has 0 atom stereocenters. The van der Waals surface area contributed by atoms with Crippen molar-refractivity contribution >= 4 is 60.9 Å². The fraction of sp³-hybridized carbons (Fsp3) is 0.333. The van der Waals surface area contributed by atoms with Gasteiger partial charge < -0.3 is 9.64 Å². The van der Waals surface area contributed by atoms with Gasteiger partial charge in [-0.05, 0) is 55.6 Å². The number of hydrogen-bond donors (Lipinski definition) is 0. The third-order valence-corrected chi connectivity index (χ3v) is 6.22. The van der Waals surface area contributed by atoms with Crippen LogP contribution in [0.1, 0.15) is 24.2 Å². The van der Waals surface area contributed by atoms with Crippen molar-refractivity contribution in [2.24, 2.45) is 0 Å². The number of thiazole rings is 1. The molecule has 0 aliphatic carbocycles. The van der Waals surface area contributed by atoms with Gasteiger partial charge in [0.05, 0.1) is 17.3 Å². The first-order chi connectivity index (χ1) is 13.5. The maximum atomic E-state index is 13.3. The fourth-order valence-corrected chi connectivity index (χ4v) is 4.50. The van der Waals surface area contributed by atoms with Gasteiger partial charge in [-0.1, -0.05) is 41.1 Å². The minimum absolute atomic E-state index is 0. The maximum Gasteiger partial charge on any atom is 0.260 e. The Hall–Kier alpha value is -1.67. The Balaban J connectivity index is 0.00000300. The molecule has 8 heteroatoms. The van der Waals surface area contributed by atoms with Crippen molar-refractivity contribution in [3.63, 3.8) is 0 Å². The first-order valence-corrected chi connectivity index (χ1v) is 10.9. The Bertz CT molecular complexity index is 945. The predicted molar refractivity (Wildman–Crippen MR) is 127 cm³/mol. The summed E-state index contributed by atoms with van der Waals surface area (Å²) in [6.07, 6.45) is 0. The summed E-state index contributed by atoms with van der Waals surface area (Å²) in [4.78, 5) is 22.1. The van der Waals surface area contributed by atoms with E-state index >= 15 is 0 Å². The highest BCUT2D eigenvalue weighted by molar-refractivity contribution is 9.10. The molecule has 2 aromatic carbocycles. The molecule has 0 radical (unpaired) electrons. The summed E-state index contributed by atoms with van der Waals surface area (Å²) >= 11 is 5.04. The van der Waals surface area contributed by atoms with E-state index in [1.807, 2.05) is 30.3 Å². The summed E-state index contributed by atoms with van der Waals surface area (Å²) in [5, 5.41) is 0.723. The number of anilines is 1. The number of carbonyl (C=O) groups is 1. The quantitative estimate of drug-likeness (QED) is 0.413. The lowest BCUT2D eigenvalue weighted by Crippen LogP contribution is -2.38. The largest absolute Gasteiger partial charge is 0.497 e. The topological polar surface area (TPSA) is 45.7 Å². The molecule has 0 saturated heterocycles. The molecule has 0 N–H and O–H groups in total. The number of benzene rings is 2. The molecule has 3 rings (SSSR count). The fourth-order valence-electron chi connectivity index (χ4n) is 2.96. The number of amides is 1. The van der Waals surface area contributed by atoms with E-state index < -0.39 is 0 Å². The van der Waals surface area contributed by atoms with E-state index in [4.69, 9.17) is 9.72 Å². The van der Waals surface area contributed by atoms with Gasteiger partial charge in [0.15, 0.2) is 5.13 Å². The molecule has 0 aliphatic rings. The monoisotopic (exact) mass is 497 g/mol. The van der Waals surface area contributed by atoms with Crippen molar-refractivity contribution in [3.8, 4) is 5.75 Å². The minimum atomic E-state index is -0.0482. The first-order valence-electron chi connectivity index (χ1n) is 9.30. The molecule has 29 heavy (non-hydrogen) atoms. The van der Waals surface area contributed by atoms with E-state index in [0.29, 0.717) is 12.1 Å². The summed E-state index contributed by atoms with van der Waals surface area (Å²) in [7, 11) is 1.62. The molecule has 5 nitrogen and oxygen atoms in total. The Labute approximate surface area is 190 Å². The molecule has 0 unspecified atom stereocenters. The molecule has 156 valence electrons. The summed E-state index contributed by atoms with van der Waals surface area (Å²) in [5.41, 5.74) is 1.53. The number of likely N-dealkylation sites (N-methyl/N-ethyl adjacent to an activating group) is 1. The maximum absolute atomic E-state index is 13.3. The molecule has 0 fully saturated rings. The third kappa shape index (κ3) is 5.69. The van der Waals surface area contributed by atoms with Gasteiger partial charge >= 0.3 is 0 Å². The van der Waals surface area contributed by atoms with Crippen molar-refractivity contribution < 1.29 is 9.53 Å². The number of fused-ring (bicyclic) bond motifs is 1. The molecule has 3 aromatic rings. The second-order valence-electron chi connectivity index (χ2n) is 6.32. The summed E-state index contributed by atoms with van der Waals surface area (Å²) in [5.74, 6) is 0.684. The lowest BCUT2D eigenvalue weighted by molar-refractivity contribution is 0.0983. The molecular weight excluding hydrogens is 474 g/mol. The number of halogens is 2. The van der Waals surface area contributed by atoms with Crippen molar-refractivity contribution in [2.75, 3.05) is 38.2 Å². The van der Waals surface area contributed by atoms with Crippen LogP contribution in [0.25, 0.3) is 10.2 Å². The second-order valence-corrected chi connectivity index (χ2v) is 8.25. The highest BCUT2D eigenvalue weighted by Crippen LogP contribution is 2.31. The van der Waals surface area contributed by atoms with Gasteiger partial charge in [0.2, 0.25) is 0 Å². The van der Waals surface area contributed by atoms with Crippen molar-refractivity contribution in [1.82, 2.24) is 9.88 Å². The van der Waals surface area contributed by atoms with Crippen LogP contribution >= 0.6 is 39.7 Å². The number of aromatic nitrogens is 1. The van der Waals surface area contributed by atoms with Crippen LogP contribution in [0, 0.1) is 0 Å². The second kappa shape index (κ2) is 10.9. The lowest BCUT2D eigenvalue weighted by atomic mass is 10.2. The summed E-state index contributed by atoms with van der Waals surface area (Å²) in [6, 6.07) is 13.2. The van der Waals surface area contributed by atoms with Crippen molar-refractivity contribution in [1.29, 1.82) is 0 Å². The van der Waals surface area contributed by atoms with Crippen LogP contribution in [0.15, 0.2) is 46.9 Å². The highest BCUT2D eigenvalue weighted by Gasteiger charge is 2.22. The van der Waals surface area contributed by atoms with E-state index in [0.717, 1.165) is 45.2 Å². The van der Waals surface area contributed by atoms with Crippen LogP contribution < -0.4 is 9.64 Å². The van der Waals surface area contributed by atoms with E-state index in [-0.39, 0.29) is 18.3 Å². The summed E-state index contributed by atoms with van der Waals surface area (Å²) < 4.78 is 7.27. The number of nitrogens with zero attached hydrogens (tertiary/aromatic N) is 3. The van der Waals surface area contributed by atoms with Gasteiger partial charge in [-0.15, -0.1) is 12.4 Å². The van der Waals surface area contributed by atoms with Gasteiger partial charge in [-0.2, -0.15) is 0 Å². The van der Waals surface area contributed by atoms with Crippen LogP contribution in [0.5, 0.6) is 5.75 Å². The van der Waals surface area contributed by atoms with E-state index in [2.05, 4.69) is 34.7 Å². The van der Waals surface area contributed by atoms with Gasteiger partial charge in [0, 0.05) is 23.1 Å². The zero-order chi connectivity index (χ0) is 20.1. The highest BCUT2D eigenvalue weighted by atomic mass is 79.9. The van der Waals surface area contributed by atoms with Crippen LogP contribution in [0.2, 0.25) is 0 Å². The normalized spacial score (nSPS) is 10.8. The SMILES string of the molecule is CCN(CC)CCN(C(=O)c1ccc(OC)cc1)c1nc2ccc(Br)cc2s1.Cl. The molecule has 1 heterocycles.